The lowest BCUT2D eigenvalue weighted by Crippen LogP contribution is -2.59. The Balaban J connectivity index is 0.000000265. The van der Waals surface area contributed by atoms with Crippen LogP contribution in [0.3, 0.4) is 0 Å². The first-order valence-corrected chi connectivity index (χ1v) is 26.9. The summed E-state index contributed by atoms with van der Waals surface area (Å²) < 4.78 is 26.4. The molecular weight excluding hydrogens is 1030 g/mol. The predicted molar refractivity (Wildman–Crippen MR) is 281 cm³/mol. The van der Waals surface area contributed by atoms with E-state index in [-0.39, 0.29) is 67.6 Å². The number of aliphatic hydroxyl groups is 1. The van der Waals surface area contributed by atoms with Crippen molar-refractivity contribution in [1.29, 1.82) is 0 Å². The minimum Gasteiger partial charge on any atom is -0.467 e. The number of nitrogens with zero attached hydrogens (tertiary/aromatic N) is 3. The first kappa shape index (κ1) is 61.1. The van der Waals surface area contributed by atoms with Crippen molar-refractivity contribution < 1.29 is 76.9 Å². The quantitative estimate of drug-likeness (QED) is 0.0477. The van der Waals surface area contributed by atoms with Gasteiger partial charge in [0, 0.05) is 43.4 Å². The monoisotopic (exact) mass is 1110 g/mol. The predicted octanol–water partition coefficient (Wildman–Crippen LogP) is 4.30. The molecule has 79 heavy (non-hydrogen) atoms. The van der Waals surface area contributed by atoms with Crippen LogP contribution in [0.25, 0.3) is 0 Å². The first-order valence-electron chi connectivity index (χ1n) is 26.9. The first-order chi connectivity index (χ1) is 37.1. The molecule has 0 radical (unpaired) electrons. The highest BCUT2D eigenvalue weighted by Gasteiger charge is 2.63. The van der Waals surface area contributed by atoms with Gasteiger partial charge in [0.2, 0.25) is 23.6 Å². The number of alkyl carbamates (subject to hydrolysis) is 2. The van der Waals surface area contributed by atoms with E-state index in [9.17, 15) is 58.4 Å². The van der Waals surface area contributed by atoms with Crippen molar-refractivity contribution >= 4 is 59.4 Å². The van der Waals surface area contributed by atoms with Gasteiger partial charge in [0.15, 0.2) is 0 Å². The van der Waals surface area contributed by atoms with Gasteiger partial charge in [-0.1, -0.05) is 53.7 Å². The number of benzene rings is 1. The molecule has 24 nitrogen and oxygen atoms in total. The van der Waals surface area contributed by atoms with E-state index < -0.39 is 117 Å². The number of hydrogen-bond acceptors (Lipinski definition) is 17. The van der Waals surface area contributed by atoms with E-state index in [1.54, 1.807) is 53.7 Å². The maximum Gasteiger partial charge on any atom is 0.408 e. The van der Waals surface area contributed by atoms with E-state index in [4.69, 9.17) is 23.7 Å². The molecule has 6 fully saturated rings. The van der Waals surface area contributed by atoms with Gasteiger partial charge in [-0.2, -0.15) is 0 Å². The van der Waals surface area contributed by atoms with Crippen LogP contribution >= 0.6 is 0 Å². The molecular formula is C55H77N7O17. The van der Waals surface area contributed by atoms with Gasteiger partial charge in [-0.25, -0.2) is 24.0 Å². The number of carbonyl (C=O) groups is 9. The average molecular weight is 1110 g/mol. The summed E-state index contributed by atoms with van der Waals surface area (Å²) in [5.74, 6) is -4.96. The van der Waals surface area contributed by atoms with Gasteiger partial charge >= 0.3 is 30.1 Å². The zero-order chi connectivity index (χ0) is 58.4. The van der Waals surface area contributed by atoms with Crippen LogP contribution in [0.4, 0.5) is 15.3 Å². The van der Waals surface area contributed by atoms with Crippen LogP contribution in [0.5, 0.6) is 0 Å². The number of carbonyl (C=O) groups excluding carboxylic acids is 9. The normalized spacial score (nSPS) is 27.1. The number of methoxy groups -OCH3 is 2. The molecule has 6 amide bonds. The fraction of sp³-hybridized carbons (Fsp3) is 0.655. The van der Waals surface area contributed by atoms with Crippen LogP contribution < -0.4 is 21.3 Å². The number of rotatable bonds is 17. The molecule has 2 saturated heterocycles. The molecule has 2 aliphatic heterocycles. The molecule has 0 unspecified atom stereocenters. The maximum absolute atomic E-state index is 14.1. The number of ether oxygens (including phenoxy) is 5. The Morgan fingerprint density at radius 3 is 1.43 bits per heavy atom. The van der Waals surface area contributed by atoms with Crippen LogP contribution in [-0.2, 0) is 52.5 Å². The number of β-amino-alcohol motifs (C(OH)–C–C–N with tert-alkyl or cyclic N) is 1. The number of hydrogen-bond donors (Lipinski definition) is 5. The second-order valence-corrected chi connectivity index (χ2v) is 23.5. The molecule has 10 atom stereocenters. The Labute approximate surface area is 459 Å². The second-order valence-electron chi connectivity index (χ2n) is 23.5. The molecule has 0 spiro atoms. The Morgan fingerprint density at radius 2 is 1.06 bits per heavy atom. The summed E-state index contributed by atoms with van der Waals surface area (Å²) in [6.07, 6.45) is 7.00. The third-order valence-corrected chi connectivity index (χ3v) is 15.6. The van der Waals surface area contributed by atoms with Crippen molar-refractivity contribution in [3.05, 3.63) is 65.3 Å². The third kappa shape index (κ3) is 14.4. The molecule has 4 saturated carbocycles. The van der Waals surface area contributed by atoms with Crippen LogP contribution in [-0.4, -0.2) is 161 Å². The third-order valence-electron chi connectivity index (χ3n) is 15.6. The summed E-state index contributed by atoms with van der Waals surface area (Å²) in [4.78, 5) is 131. The largest absolute Gasteiger partial charge is 0.467 e. The van der Waals surface area contributed by atoms with Crippen LogP contribution in [0.15, 0.2) is 49.6 Å². The molecule has 6 aliphatic rings. The highest BCUT2D eigenvalue weighted by atomic mass is 16.6. The number of nitro groups is 1. The van der Waals surface area contributed by atoms with Gasteiger partial charge in [-0.15, -0.1) is 13.2 Å². The molecule has 4 aliphatic carbocycles. The lowest BCUT2D eigenvalue weighted by molar-refractivity contribution is -0.384. The van der Waals surface area contributed by atoms with Gasteiger partial charge in [0.05, 0.1) is 37.4 Å². The number of aliphatic hydroxyl groups excluding tert-OH is 1. The van der Waals surface area contributed by atoms with Crippen molar-refractivity contribution in [2.24, 2.45) is 22.7 Å². The molecule has 1 aromatic carbocycles. The van der Waals surface area contributed by atoms with E-state index in [0.29, 0.717) is 6.42 Å². The molecule has 24 heteroatoms. The lowest BCUT2D eigenvalue weighted by atomic mass is 9.85. The van der Waals surface area contributed by atoms with Crippen LogP contribution in [0.2, 0.25) is 0 Å². The smallest absolute Gasteiger partial charge is 0.408 e. The Kier molecular flexibility index (Phi) is 19.3. The molecule has 2 heterocycles. The minimum atomic E-state index is -1.33. The standard InChI is InChI=1S/C31H40N4O10.C24H37N3O7/c1-6-19-16-31(19,28(39)43-5)33-25(36)23-15-22(44-27(38)18-11-13-20(14-12-18)35(41)42)17-34(23)26(37)24(30(2,3)4)32-29(40)45-21-9-7-8-10-21;1-6-14-12-24(14,21(31)33-5)26-19(29)17-11-15(28)13-27(17)20(30)18(23(2,3)4)25-22(32)34-16-9-7-8-10-16/h6,11-14,19,21-24H,1,7-10,15-17H2,2-5H3,(H,32,40)(H,33,36);6,14-18,28H,1,7-13H2,2-5H3,(H,25,32)(H,26,29)/t19-,22+,23+,24-,31-;14-,15+,17+,18-,24-/m11/s1. The molecule has 1 aromatic rings. The van der Waals surface area contributed by atoms with E-state index in [1.165, 1.54) is 48.3 Å². The van der Waals surface area contributed by atoms with E-state index in [0.717, 1.165) is 51.4 Å². The summed E-state index contributed by atoms with van der Waals surface area (Å²) in [6, 6.07) is 0.589. The zero-order valence-corrected chi connectivity index (χ0v) is 46.4. The van der Waals surface area contributed by atoms with Gasteiger partial charge < -0.3 is 59.9 Å². The Hall–Kier alpha value is -7.11. The van der Waals surface area contributed by atoms with E-state index in [1.807, 2.05) is 0 Å². The number of non-ortho nitro benzene ring substituents is 1. The van der Waals surface area contributed by atoms with Crippen molar-refractivity contribution in [3.8, 4) is 0 Å². The number of nitro benzene ring substituents is 1. The van der Waals surface area contributed by atoms with Crippen molar-refractivity contribution in [2.45, 2.75) is 178 Å². The SMILES string of the molecule is C=C[C@@H]1C[C@]1(NC(=O)[C@@H]1C[C@H](O)CN1C(=O)[C@@H](NC(=O)OC1CCCC1)C(C)(C)C)C(=O)OC.C=C[C@@H]1C[C@]1(NC(=O)[C@@H]1C[C@H](OC(=O)c2ccc([N+](=O)[O-])cc2)CN1C(=O)[C@@H](NC(=O)OC1CCCC1)C(C)(C)C)C(=O)OC. The summed E-state index contributed by atoms with van der Waals surface area (Å²) in [7, 11) is 2.45. The molecule has 5 N–H and O–H groups in total. The van der Waals surface area contributed by atoms with Crippen molar-refractivity contribution in [3.63, 3.8) is 0 Å². The topological polar surface area (TPSA) is 318 Å². The molecule has 0 aromatic heterocycles. The number of likely N-dealkylation sites (tertiary alicyclic amines) is 2. The van der Waals surface area contributed by atoms with E-state index in [2.05, 4.69) is 34.4 Å². The van der Waals surface area contributed by atoms with Gasteiger partial charge in [-0.3, -0.25) is 29.3 Å². The van der Waals surface area contributed by atoms with Crippen LogP contribution in [0, 0.1) is 32.8 Å². The fourth-order valence-corrected chi connectivity index (χ4v) is 10.8. The zero-order valence-electron chi connectivity index (χ0n) is 46.4. The second kappa shape index (κ2) is 24.9. The Morgan fingerprint density at radius 1 is 0.658 bits per heavy atom. The molecule has 7 rings (SSSR count). The summed E-state index contributed by atoms with van der Waals surface area (Å²) in [5, 5.41) is 32.1. The average Bonchev–Trinajstić information content (AvgIpc) is 4.03. The van der Waals surface area contributed by atoms with E-state index >= 15 is 0 Å². The van der Waals surface area contributed by atoms with Gasteiger partial charge in [0.25, 0.3) is 5.69 Å². The number of amides is 6. The molecule has 0 bridgehead atoms. The van der Waals surface area contributed by atoms with Crippen LogP contribution in [0.1, 0.15) is 129 Å². The minimum absolute atomic E-state index is 0.0248. The molecule has 434 valence electrons. The maximum atomic E-state index is 14.1. The number of esters is 3. The van der Waals surface area contributed by atoms with Crippen molar-refractivity contribution in [1.82, 2.24) is 31.1 Å². The highest BCUT2D eigenvalue weighted by Crippen LogP contribution is 2.47. The summed E-state index contributed by atoms with van der Waals surface area (Å²) in [6.45, 7) is 17.9. The fourth-order valence-electron chi connectivity index (χ4n) is 10.8. The van der Waals surface area contributed by atoms with Gasteiger partial charge in [0.1, 0.15) is 53.6 Å². The van der Waals surface area contributed by atoms with Gasteiger partial charge in [-0.05, 0) is 87.2 Å². The lowest BCUT2D eigenvalue weighted by Gasteiger charge is -2.35. The highest BCUT2D eigenvalue weighted by molar-refractivity contribution is 5.98. The Bertz CT molecular complexity index is 2510. The number of nitrogens with one attached hydrogen (secondary N) is 4. The van der Waals surface area contributed by atoms with Crippen molar-refractivity contribution in [2.75, 3.05) is 27.3 Å². The summed E-state index contributed by atoms with van der Waals surface area (Å²) >= 11 is 0. The summed E-state index contributed by atoms with van der Waals surface area (Å²) in [5.41, 5.74) is -4.18.